The van der Waals surface area contributed by atoms with Crippen LogP contribution in [0.15, 0.2) is 24.3 Å². The van der Waals surface area contributed by atoms with Gasteiger partial charge in [-0.1, -0.05) is 12.1 Å². The number of carbonyl (C=O) groups is 1. The van der Waals surface area contributed by atoms with Crippen molar-refractivity contribution in [3.63, 3.8) is 0 Å². The minimum atomic E-state index is -0.900. The molecule has 37 heavy (non-hydrogen) atoms. The lowest BCUT2D eigenvalue weighted by molar-refractivity contribution is -0.245. The number of nitrogens with zero attached hydrogens (tertiary/aromatic N) is 4. The summed E-state index contributed by atoms with van der Waals surface area (Å²) in [6.45, 7) is 5.17. The Balaban J connectivity index is 2.31. The summed E-state index contributed by atoms with van der Waals surface area (Å²) in [6.07, 6.45) is 0.683. The summed E-state index contributed by atoms with van der Waals surface area (Å²) in [6, 6.07) is 8.09. The van der Waals surface area contributed by atoms with Gasteiger partial charge in [0.2, 0.25) is 0 Å². The molecular weight excluding hydrogens is 486 g/mol. The minimum Gasteiger partial charge on any atom is -0.480 e. The van der Waals surface area contributed by atoms with Gasteiger partial charge in [0.1, 0.15) is 13.5 Å². The lowest BCUT2D eigenvalue weighted by Gasteiger charge is -2.38. The van der Waals surface area contributed by atoms with Crippen LogP contribution in [0.5, 0.6) is 0 Å². The number of aliphatic hydroxyl groups is 1. The van der Waals surface area contributed by atoms with E-state index in [0.29, 0.717) is 65.3 Å². The summed E-state index contributed by atoms with van der Waals surface area (Å²) >= 11 is 0. The van der Waals surface area contributed by atoms with Gasteiger partial charge in [-0.3, -0.25) is 34.9 Å². The van der Waals surface area contributed by atoms with E-state index in [4.69, 9.17) is 20.4 Å². The van der Waals surface area contributed by atoms with Gasteiger partial charge in [-0.2, -0.15) is 0 Å². The van der Waals surface area contributed by atoms with Gasteiger partial charge in [0.05, 0.1) is 19.8 Å². The Kier molecular flexibility index (Phi) is 15.5. The van der Waals surface area contributed by atoms with Gasteiger partial charge in [-0.25, -0.2) is 9.78 Å². The van der Waals surface area contributed by atoms with Gasteiger partial charge < -0.3 is 20.3 Å². The van der Waals surface area contributed by atoms with Gasteiger partial charge in [0.25, 0.3) is 0 Å². The maximum Gasteiger partial charge on any atom is 0.317 e. The van der Waals surface area contributed by atoms with E-state index in [9.17, 15) is 9.90 Å². The number of carboxylic acids is 1. The summed E-state index contributed by atoms with van der Waals surface area (Å²) < 4.78 is 5.22. The Bertz CT molecular complexity index is 744. The number of benzene rings is 1. The van der Waals surface area contributed by atoms with Crippen LogP contribution in [-0.4, -0.2) is 152 Å². The van der Waals surface area contributed by atoms with E-state index in [1.54, 1.807) is 0 Å². The van der Waals surface area contributed by atoms with Gasteiger partial charge >= 0.3 is 5.97 Å². The largest absolute Gasteiger partial charge is 0.480 e. The first-order valence-corrected chi connectivity index (χ1v) is 12.6. The third-order valence-corrected chi connectivity index (χ3v) is 6.56. The van der Waals surface area contributed by atoms with Crippen LogP contribution >= 0.6 is 0 Å². The number of hydrogen-bond donors (Lipinski definition) is 5. The lowest BCUT2D eigenvalue weighted by atomic mass is 10.0. The number of nitrogens with one attached hydrogen (secondary N) is 1. The lowest BCUT2D eigenvalue weighted by Crippen LogP contribution is -2.52. The van der Waals surface area contributed by atoms with E-state index in [2.05, 4.69) is 37.0 Å². The van der Waals surface area contributed by atoms with Gasteiger partial charge in [-0.05, 0) is 24.1 Å². The Hall–Kier alpha value is -1.91. The first kappa shape index (κ1) is 31.3. The average Bonchev–Trinajstić information content (AvgIpc) is 2.89. The molecule has 1 fully saturated rings. The predicted molar refractivity (Wildman–Crippen MR) is 137 cm³/mol. The third kappa shape index (κ3) is 12.5. The van der Waals surface area contributed by atoms with Crippen molar-refractivity contribution in [3.05, 3.63) is 29.8 Å². The van der Waals surface area contributed by atoms with Crippen LogP contribution in [0.1, 0.15) is 5.56 Å². The zero-order chi connectivity index (χ0) is 26.9. The quantitative estimate of drug-likeness (QED) is 0.124. The third-order valence-electron chi connectivity index (χ3n) is 6.56. The maximum absolute atomic E-state index is 11.7. The van der Waals surface area contributed by atoms with Gasteiger partial charge in [-0.15, -0.1) is 0 Å². The number of anilines is 1. The van der Waals surface area contributed by atoms with Crippen molar-refractivity contribution in [2.45, 2.75) is 12.5 Å². The van der Waals surface area contributed by atoms with E-state index >= 15 is 0 Å². The molecule has 212 valence electrons. The normalized spacial score (nSPS) is 19.8. The van der Waals surface area contributed by atoms with Crippen LogP contribution in [0.25, 0.3) is 0 Å². The fourth-order valence-corrected chi connectivity index (χ4v) is 4.50. The molecule has 2 rings (SSSR count). The molecule has 1 aromatic rings. The molecular formula is C24H43N5O8. The first-order valence-electron chi connectivity index (χ1n) is 12.6. The summed E-state index contributed by atoms with van der Waals surface area (Å²) in [5.74, 6) is -0.900. The SMILES string of the molecule is CNc1ccc(CC2CN(CC(=O)O)CCN(COCO)CCN(CCOO)CCN2CCOO)cc1. The molecule has 1 heterocycles. The summed E-state index contributed by atoms with van der Waals surface area (Å²) in [5, 5.41) is 39.8. The summed E-state index contributed by atoms with van der Waals surface area (Å²) in [7, 11) is 1.87. The maximum atomic E-state index is 11.7. The number of hydrogen-bond acceptors (Lipinski definition) is 12. The number of aliphatic hydroxyl groups excluding tert-OH is 1. The van der Waals surface area contributed by atoms with Crippen molar-refractivity contribution in [3.8, 4) is 0 Å². The van der Waals surface area contributed by atoms with Crippen LogP contribution in [0, 0.1) is 0 Å². The van der Waals surface area contributed by atoms with Crippen molar-refractivity contribution in [2.75, 3.05) is 105 Å². The topological polar surface area (TPSA) is 151 Å². The average molecular weight is 530 g/mol. The van der Waals surface area contributed by atoms with Crippen molar-refractivity contribution in [2.24, 2.45) is 0 Å². The molecule has 1 saturated heterocycles. The van der Waals surface area contributed by atoms with E-state index in [0.717, 1.165) is 11.3 Å². The van der Waals surface area contributed by atoms with Crippen molar-refractivity contribution in [1.82, 2.24) is 19.6 Å². The molecule has 0 aromatic heterocycles. The van der Waals surface area contributed by atoms with Crippen LogP contribution in [0.2, 0.25) is 0 Å². The molecule has 1 unspecified atom stereocenters. The molecule has 13 nitrogen and oxygen atoms in total. The Morgan fingerprint density at radius 2 is 1.57 bits per heavy atom. The molecule has 0 spiro atoms. The smallest absolute Gasteiger partial charge is 0.317 e. The highest BCUT2D eigenvalue weighted by Gasteiger charge is 2.25. The molecule has 1 atom stereocenters. The van der Waals surface area contributed by atoms with Crippen molar-refractivity contribution < 1.29 is 40.0 Å². The monoisotopic (exact) mass is 529 g/mol. The molecule has 5 N–H and O–H groups in total. The number of ether oxygens (including phenoxy) is 1. The molecule has 1 aliphatic rings. The zero-order valence-corrected chi connectivity index (χ0v) is 21.7. The van der Waals surface area contributed by atoms with E-state index in [1.165, 1.54) is 0 Å². The van der Waals surface area contributed by atoms with Crippen LogP contribution in [-0.2, 0) is 25.7 Å². The molecule has 0 amide bonds. The second-order valence-corrected chi connectivity index (χ2v) is 9.06. The second kappa shape index (κ2) is 18.4. The van der Waals surface area contributed by atoms with E-state index in [1.807, 2.05) is 29.0 Å². The molecule has 0 aliphatic carbocycles. The molecule has 1 aromatic carbocycles. The highest BCUT2D eigenvalue weighted by Crippen LogP contribution is 2.15. The predicted octanol–water partition coefficient (Wildman–Crippen LogP) is -0.151. The number of carboxylic acid groups (broad SMARTS) is 1. The summed E-state index contributed by atoms with van der Waals surface area (Å²) in [4.78, 5) is 28.8. The number of aliphatic carboxylic acids is 1. The fraction of sp³-hybridized carbons (Fsp3) is 0.708. The molecule has 0 bridgehead atoms. The Labute approximate surface area is 218 Å². The molecule has 1 aliphatic heterocycles. The van der Waals surface area contributed by atoms with E-state index < -0.39 is 12.8 Å². The Morgan fingerprint density at radius 1 is 0.946 bits per heavy atom. The van der Waals surface area contributed by atoms with E-state index in [-0.39, 0.29) is 32.5 Å². The highest BCUT2D eigenvalue weighted by molar-refractivity contribution is 5.69. The van der Waals surface area contributed by atoms with Crippen LogP contribution in [0.4, 0.5) is 5.69 Å². The van der Waals surface area contributed by atoms with Crippen LogP contribution in [0.3, 0.4) is 0 Å². The minimum absolute atomic E-state index is 0.0487. The molecule has 0 radical (unpaired) electrons. The van der Waals surface area contributed by atoms with Gasteiger partial charge in [0.15, 0.2) is 0 Å². The van der Waals surface area contributed by atoms with Crippen LogP contribution < -0.4 is 5.32 Å². The van der Waals surface area contributed by atoms with Gasteiger partial charge in [0, 0.05) is 77.7 Å². The Morgan fingerprint density at radius 3 is 2.19 bits per heavy atom. The number of rotatable bonds is 14. The molecule has 0 saturated carbocycles. The second-order valence-electron chi connectivity index (χ2n) is 9.06. The standard InChI is InChI=1S/C24H43N5O8/c1-25-22-4-2-21(3-5-22)16-23-17-28(18-24(31)32)9-8-27(19-35-20-30)7-6-26(12-14-36-33)10-11-29(23)13-15-37-34/h2-5,23,25,30,33-34H,6-20H2,1H3,(H,31,32). The fourth-order valence-electron chi connectivity index (χ4n) is 4.50. The first-order chi connectivity index (χ1) is 18.0. The van der Waals surface area contributed by atoms with Crippen molar-refractivity contribution in [1.29, 1.82) is 0 Å². The molecule has 13 heteroatoms. The highest BCUT2D eigenvalue weighted by atomic mass is 17.1. The van der Waals surface area contributed by atoms with Crippen molar-refractivity contribution >= 4 is 11.7 Å². The summed E-state index contributed by atoms with van der Waals surface area (Å²) in [5.41, 5.74) is 2.12. The zero-order valence-electron chi connectivity index (χ0n) is 21.7.